The minimum atomic E-state index is -4.37. The van der Waals surface area contributed by atoms with Gasteiger partial charge >= 0.3 is 6.18 Å². The molecule has 0 spiro atoms. The number of nitrogens with one attached hydrogen (secondary N) is 1. The predicted molar refractivity (Wildman–Crippen MR) is 65.8 cm³/mol. The number of hydrogen-bond donors (Lipinski definition) is 1. The highest BCUT2D eigenvalue weighted by Crippen LogP contribution is 2.37. The monoisotopic (exact) mass is 269 g/mol. The lowest BCUT2D eigenvalue weighted by atomic mass is 9.94. The first-order valence-electron chi connectivity index (χ1n) is 5.82. The molecule has 102 valence electrons. The molecule has 1 aromatic heterocycles. The fraction of sp³-hybridized carbons (Fsp3) is 0.286. The van der Waals surface area contributed by atoms with Gasteiger partial charge in [0.1, 0.15) is 5.76 Å². The Bertz CT molecular complexity index is 560. The summed E-state index contributed by atoms with van der Waals surface area (Å²) in [5.41, 5.74) is 0.274. The maximum Gasteiger partial charge on any atom is 0.416 e. The molecule has 1 atom stereocenters. The Morgan fingerprint density at radius 3 is 2.32 bits per heavy atom. The van der Waals surface area contributed by atoms with Gasteiger partial charge in [-0.05, 0) is 31.7 Å². The fourth-order valence-corrected chi connectivity index (χ4v) is 2.18. The van der Waals surface area contributed by atoms with E-state index in [1.807, 2.05) is 0 Å². The average molecular weight is 269 g/mol. The van der Waals surface area contributed by atoms with Gasteiger partial charge in [-0.25, -0.2) is 0 Å². The van der Waals surface area contributed by atoms with Crippen LogP contribution in [0, 0.1) is 6.92 Å². The van der Waals surface area contributed by atoms with E-state index in [2.05, 4.69) is 5.32 Å². The van der Waals surface area contributed by atoms with Crippen LogP contribution in [0.1, 0.15) is 28.5 Å². The van der Waals surface area contributed by atoms with Crippen LogP contribution in [-0.4, -0.2) is 7.05 Å². The van der Waals surface area contributed by atoms with Crippen molar-refractivity contribution in [2.24, 2.45) is 0 Å². The van der Waals surface area contributed by atoms with E-state index in [-0.39, 0.29) is 5.56 Å². The first kappa shape index (κ1) is 13.7. The Hall–Kier alpha value is -1.75. The SMILES string of the molecule is CNC(c1ccccc1C(F)(F)F)c1ccoc1C. The summed E-state index contributed by atoms with van der Waals surface area (Å²) >= 11 is 0. The van der Waals surface area contributed by atoms with Gasteiger partial charge in [-0.1, -0.05) is 18.2 Å². The average Bonchev–Trinajstić information content (AvgIpc) is 2.76. The van der Waals surface area contributed by atoms with Crippen molar-refractivity contribution in [3.63, 3.8) is 0 Å². The number of furan rings is 1. The van der Waals surface area contributed by atoms with Gasteiger partial charge in [-0.15, -0.1) is 0 Å². The fourth-order valence-electron chi connectivity index (χ4n) is 2.18. The predicted octanol–water partition coefficient (Wildman–Crippen LogP) is 3.92. The van der Waals surface area contributed by atoms with E-state index in [1.54, 1.807) is 26.1 Å². The van der Waals surface area contributed by atoms with Gasteiger partial charge in [0.05, 0.1) is 17.9 Å². The molecule has 5 heteroatoms. The topological polar surface area (TPSA) is 25.2 Å². The molecule has 0 saturated carbocycles. The van der Waals surface area contributed by atoms with E-state index in [4.69, 9.17) is 4.42 Å². The summed E-state index contributed by atoms with van der Waals surface area (Å²) in [7, 11) is 1.63. The van der Waals surface area contributed by atoms with Crippen LogP contribution in [0.5, 0.6) is 0 Å². The Labute approximate surface area is 109 Å². The smallest absolute Gasteiger partial charge is 0.416 e. The molecule has 2 nitrogen and oxygen atoms in total. The second-order valence-corrected chi connectivity index (χ2v) is 4.24. The summed E-state index contributed by atoms with van der Waals surface area (Å²) in [4.78, 5) is 0. The van der Waals surface area contributed by atoms with Crippen LogP contribution in [0.25, 0.3) is 0 Å². The number of hydrogen-bond acceptors (Lipinski definition) is 2. The molecule has 0 aliphatic heterocycles. The molecule has 0 bridgehead atoms. The molecule has 0 aliphatic rings. The molecular formula is C14H14F3NO. The van der Waals surface area contributed by atoms with Crippen LogP contribution in [0.2, 0.25) is 0 Å². The quantitative estimate of drug-likeness (QED) is 0.913. The summed E-state index contributed by atoms with van der Waals surface area (Å²) in [6, 6.07) is 6.71. The lowest BCUT2D eigenvalue weighted by Gasteiger charge is -2.21. The van der Waals surface area contributed by atoms with Crippen molar-refractivity contribution in [1.29, 1.82) is 0 Å². The standard InChI is InChI=1S/C14H14F3NO/c1-9-10(7-8-19-9)13(18-2)11-5-3-4-6-12(11)14(15,16)17/h3-8,13,18H,1-2H3. The Balaban J connectivity index is 2.54. The van der Waals surface area contributed by atoms with Crippen molar-refractivity contribution < 1.29 is 17.6 Å². The number of benzene rings is 1. The molecule has 2 aromatic rings. The third-order valence-electron chi connectivity index (χ3n) is 3.08. The van der Waals surface area contributed by atoms with Crippen molar-refractivity contribution >= 4 is 0 Å². The minimum absolute atomic E-state index is 0.196. The van der Waals surface area contributed by atoms with E-state index in [1.165, 1.54) is 18.4 Å². The van der Waals surface area contributed by atoms with Gasteiger partial charge in [-0.3, -0.25) is 0 Å². The third-order valence-corrected chi connectivity index (χ3v) is 3.08. The zero-order valence-corrected chi connectivity index (χ0v) is 10.6. The van der Waals surface area contributed by atoms with Crippen LogP contribution in [0.4, 0.5) is 13.2 Å². The lowest BCUT2D eigenvalue weighted by Crippen LogP contribution is -2.22. The maximum atomic E-state index is 13.0. The number of halogens is 3. The summed E-state index contributed by atoms with van der Waals surface area (Å²) in [5, 5.41) is 2.91. The molecule has 0 radical (unpaired) electrons. The zero-order chi connectivity index (χ0) is 14.0. The molecule has 2 rings (SSSR count). The van der Waals surface area contributed by atoms with E-state index in [0.717, 1.165) is 6.07 Å². The van der Waals surface area contributed by atoms with Gasteiger partial charge in [-0.2, -0.15) is 13.2 Å². The molecule has 0 amide bonds. The number of alkyl halides is 3. The molecule has 0 fully saturated rings. The second-order valence-electron chi connectivity index (χ2n) is 4.24. The summed E-state index contributed by atoms with van der Waals surface area (Å²) in [5.74, 6) is 0.608. The molecular weight excluding hydrogens is 255 g/mol. The highest BCUT2D eigenvalue weighted by molar-refractivity contribution is 5.39. The van der Waals surface area contributed by atoms with Crippen LogP contribution in [0.3, 0.4) is 0 Å². The van der Waals surface area contributed by atoms with Crippen molar-refractivity contribution in [2.75, 3.05) is 7.05 Å². The highest BCUT2D eigenvalue weighted by Gasteiger charge is 2.35. The summed E-state index contributed by atoms with van der Waals surface area (Å²) < 4.78 is 44.3. The molecule has 1 unspecified atom stereocenters. The van der Waals surface area contributed by atoms with E-state index >= 15 is 0 Å². The van der Waals surface area contributed by atoms with Gasteiger partial charge in [0.2, 0.25) is 0 Å². The highest BCUT2D eigenvalue weighted by atomic mass is 19.4. The van der Waals surface area contributed by atoms with Crippen LogP contribution < -0.4 is 5.32 Å². The maximum absolute atomic E-state index is 13.0. The summed E-state index contributed by atoms with van der Waals surface area (Å²) in [6.45, 7) is 1.73. The van der Waals surface area contributed by atoms with Gasteiger partial charge < -0.3 is 9.73 Å². The van der Waals surface area contributed by atoms with Gasteiger partial charge in [0, 0.05) is 5.56 Å². The Morgan fingerprint density at radius 1 is 1.11 bits per heavy atom. The zero-order valence-electron chi connectivity index (χ0n) is 10.6. The molecule has 1 heterocycles. The van der Waals surface area contributed by atoms with Crippen molar-refractivity contribution in [1.82, 2.24) is 5.32 Å². The Kier molecular flexibility index (Phi) is 3.66. The van der Waals surface area contributed by atoms with Crippen LogP contribution in [0.15, 0.2) is 41.0 Å². The normalized spacial score (nSPS) is 13.5. The van der Waals surface area contributed by atoms with Gasteiger partial charge in [0.25, 0.3) is 0 Å². The first-order chi connectivity index (χ1) is 8.95. The number of aryl methyl sites for hydroxylation is 1. The lowest BCUT2D eigenvalue weighted by molar-refractivity contribution is -0.138. The molecule has 19 heavy (non-hydrogen) atoms. The first-order valence-corrected chi connectivity index (χ1v) is 5.82. The van der Waals surface area contributed by atoms with Gasteiger partial charge in [0.15, 0.2) is 0 Å². The largest absolute Gasteiger partial charge is 0.469 e. The van der Waals surface area contributed by atoms with Crippen molar-refractivity contribution in [3.05, 3.63) is 59.0 Å². The van der Waals surface area contributed by atoms with E-state index in [0.29, 0.717) is 11.3 Å². The third kappa shape index (κ3) is 2.66. The van der Waals surface area contributed by atoms with E-state index in [9.17, 15) is 13.2 Å². The molecule has 0 saturated heterocycles. The van der Waals surface area contributed by atoms with Crippen molar-refractivity contribution in [3.8, 4) is 0 Å². The molecule has 0 aliphatic carbocycles. The molecule has 1 N–H and O–H groups in total. The van der Waals surface area contributed by atoms with Crippen LogP contribution >= 0.6 is 0 Å². The second kappa shape index (κ2) is 5.09. The Morgan fingerprint density at radius 2 is 1.79 bits per heavy atom. The van der Waals surface area contributed by atoms with Crippen molar-refractivity contribution in [2.45, 2.75) is 19.1 Å². The minimum Gasteiger partial charge on any atom is -0.469 e. The van der Waals surface area contributed by atoms with Crippen LogP contribution in [-0.2, 0) is 6.18 Å². The molecule has 1 aromatic carbocycles. The van der Waals surface area contributed by atoms with E-state index < -0.39 is 17.8 Å². The summed E-state index contributed by atoms with van der Waals surface area (Å²) in [6.07, 6.45) is -2.89. The number of rotatable bonds is 3.